The third kappa shape index (κ3) is 3.01. The topological polar surface area (TPSA) is 62.1 Å². The van der Waals surface area contributed by atoms with Gasteiger partial charge in [0.25, 0.3) is 0 Å². The summed E-state index contributed by atoms with van der Waals surface area (Å²) in [4.78, 5) is 12.8. The third-order valence-electron chi connectivity index (χ3n) is 4.88. The first kappa shape index (κ1) is 16.5. The Hall–Kier alpha value is -2.70. The van der Waals surface area contributed by atoms with Crippen LogP contribution in [0.15, 0.2) is 55.1 Å². The maximum Gasteiger partial charge on any atom is 0.146 e. The fourth-order valence-corrected chi connectivity index (χ4v) is 3.75. The monoisotopic (exact) mass is 380 g/mol. The Labute approximate surface area is 160 Å². The summed E-state index contributed by atoms with van der Waals surface area (Å²) in [5, 5.41) is 2.36. The summed E-state index contributed by atoms with van der Waals surface area (Å²) in [5.74, 6) is 0.783. The van der Waals surface area contributed by atoms with E-state index >= 15 is 0 Å². The normalized spacial score (nSPS) is 19.7. The average Bonchev–Trinajstić information content (AvgIpc) is 3.34. The molecule has 27 heavy (non-hydrogen) atoms. The minimum Gasteiger partial charge on any atom is -0.489 e. The molecule has 0 spiro atoms. The van der Waals surface area contributed by atoms with Gasteiger partial charge in [0.1, 0.15) is 41.2 Å². The van der Waals surface area contributed by atoms with Crippen LogP contribution in [0.5, 0.6) is 5.75 Å². The molecule has 2 atom stereocenters. The minimum atomic E-state index is -0.0762. The molecule has 1 fully saturated rings. The van der Waals surface area contributed by atoms with E-state index in [1.807, 2.05) is 47.2 Å². The van der Waals surface area contributed by atoms with Crippen molar-refractivity contribution in [2.75, 3.05) is 6.61 Å². The lowest BCUT2D eigenvalue weighted by molar-refractivity contribution is -0.0154. The van der Waals surface area contributed by atoms with Gasteiger partial charge < -0.3 is 14.0 Å². The first-order chi connectivity index (χ1) is 13.3. The Balaban J connectivity index is 1.30. The maximum atomic E-state index is 6.20. The summed E-state index contributed by atoms with van der Waals surface area (Å²) in [6, 6.07) is 11.8. The zero-order valence-electron chi connectivity index (χ0n) is 14.5. The molecule has 0 N–H and O–H groups in total. The Morgan fingerprint density at radius 1 is 1.11 bits per heavy atom. The number of rotatable bonds is 4. The van der Waals surface area contributed by atoms with Crippen LogP contribution in [0.25, 0.3) is 21.9 Å². The summed E-state index contributed by atoms with van der Waals surface area (Å²) in [6.07, 6.45) is 6.96. The Morgan fingerprint density at radius 3 is 3.00 bits per heavy atom. The molecular weight excluding hydrogens is 364 g/mol. The first-order valence-electron chi connectivity index (χ1n) is 8.88. The molecule has 1 aliphatic heterocycles. The number of nitrogens with zero attached hydrogens (tertiary/aromatic N) is 4. The van der Waals surface area contributed by atoms with Gasteiger partial charge in [-0.2, -0.15) is 0 Å². The number of para-hydroxylation sites is 1. The van der Waals surface area contributed by atoms with Crippen molar-refractivity contribution in [3.8, 4) is 5.75 Å². The van der Waals surface area contributed by atoms with Gasteiger partial charge in [-0.15, -0.1) is 0 Å². The summed E-state index contributed by atoms with van der Waals surface area (Å²) in [5.41, 5.74) is 1.66. The number of fused-ring (bicyclic) bond motifs is 2. The largest absolute Gasteiger partial charge is 0.489 e. The molecule has 5 rings (SSSR count). The molecule has 4 aromatic rings. The van der Waals surface area contributed by atoms with Gasteiger partial charge in [-0.1, -0.05) is 29.8 Å². The predicted octanol–water partition coefficient (Wildman–Crippen LogP) is 4.39. The predicted molar refractivity (Wildman–Crippen MR) is 103 cm³/mol. The number of hydrogen-bond acceptors (Lipinski definition) is 5. The van der Waals surface area contributed by atoms with Crippen LogP contribution in [0, 0.1) is 0 Å². The van der Waals surface area contributed by atoms with Gasteiger partial charge in [0.2, 0.25) is 0 Å². The fraction of sp³-hybridized carbons (Fsp3) is 0.250. The van der Waals surface area contributed by atoms with Crippen LogP contribution in [0.2, 0.25) is 5.15 Å². The van der Waals surface area contributed by atoms with Crippen LogP contribution in [0.4, 0.5) is 0 Å². The Bertz CT molecular complexity index is 1110. The smallest absolute Gasteiger partial charge is 0.146 e. The van der Waals surface area contributed by atoms with Gasteiger partial charge in [0.15, 0.2) is 0 Å². The molecule has 1 saturated heterocycles. The number of benzene rings is 1. The molecule has 0 aliphatic carbocycles. The first-order valence-corrected chi connectivity index (χ1v) is 9.26. The van der Waals surface area contributed by atoms with Gasteiger partial charge in [-0.05, 0) is 31.0 Å². The van der Waals surface area contributed by atoms with Crippen molar-refractivity contribution in [2.24, 2.45) is 0 Å². The van der Waals surface area contributed by atoms with E-state index in [2.05, 4.69) is 15.0 Å². The van der Waals surface area contributed by atoms with E-state index < -0.39 is 0 Å². The van der Waals surface area contributed by atoms with E-state index in [-0.39, 0.29) is 12.3 Å². The zero-order valence-corrected chi connectivity index (χ0v) is 15.2. The zero-order chi connectivity index (χ0) is 18.2. The number of hydrogen-bond donors (Lipinski definition) is 0. The quantitative estimate of drug-likeness (QED) is 0.491. The lowest BCUT2D eigenvalue weighted by atomic mass is 10.2. The van der Waals surface area contributed by atoms with Crippen molar-refractivity contribution in [3.63, 3.8) is 0 Å². The van der Waals surface area contributed by atoms with E-state index in [4.69, 9.17) is 21.1 Å². The molecule has 0 saturated carbocycles. The molecule has 4 heterocycles. The molecular formula is C20H17ClN4O2. The van der Waals surface area contributed by atoms with Crippen molar-refractivity contribution in [1.82, 2.24) is 19.5 Å². The van der Waals surface area contributed by atoms with Crippen LogP contribution in [0.1, 0.15) is 19.1 Å². The summed E-state index contributed by atoms with van der Waals surface area (Å²) < 4.78 is 14.2. The van der Waals surface area contributed by atoms with Crippen LogP contribution in [-0.4, -0.2) is 32.2 Å². The summed E-state index contributed by atoms with van der Waals surface area (Å²) in [7, 11) is 0. The van der Waals surface area contributed by atoms with Crippen LogP contribution >= 0.6 is 11.6 Å². The lowest BCUT2D eigenvalue weighted by Crippen LogP contribution is -2.18. The highest BCUT2D eigenvalue weighted by atomic mass is 35.5. The molecule has 3 aromatic heterocycles. The molecule has 136 valence electrons. The van der Waals surface area contributed by atoms with Crippen LogP contribution in [0.3, 0.4) is 0 Å². The molecule has 6 nitrogen and oxygen atoms in total. The Kier molecular flexibility index (Phi) is 4.14. The second-order valence-corrected chi connectivity index (χ2v) is 6.92. The molecule has 0 unspecified atom stereocenters. The fourth-order valence-electron chi connectivity index (χ4n) is 3.56. The average molecular weight is 381 g/mol. The maximum absolute atomic E-state index is 6.20. The van der Waals surface area contributed by atoms with E-state index in [9.17, 15) is 0 Å². The van der Waals surface area contributed by atoms with E-state index in [0.29, 0.717) is 11.8 Å². The molecule has 0 amide bonds. The van der Waals surface area contributed by atoms with Crippen molar-refractivity contribution in [2.45, 2.75) is 25.2 Å². The van der Waals surface area contributed by atoms with E-state index in [0.717, 1.165) is 40.5 Å². The van der Waals surface area contributed by atoms with Gasteiger partial charge in [0.05, 0.1) is 11.5 Å². The van der Waals surface area contributed by atoms with Gasteiger partial charge in [0, 0.05) is 17.8 Å². The summed E-state index contributed by atoms with van der Waals surface area (Å²) >= 11 is 6.14. The molecule has 1 aromatic carbocycles. The SMILES string of the molecule is Clc1ncnc2c1ccn2[C@H]1CC[C@@H](COc2cccc3cccnc23)O1. The molecule has 1 aliphatic rings. The molecule has 0 radical (unpaired) electrons. The second-order valence-electron chi connectivity index (χ2n) is 6.56. The highest BCUT2D eigenvalue weighted by molar-refractivity contribution is 6.33. The summed E-state index contributed by atoms with van der Waals surface area (Å²) in [6.45, 7) is 0.487. The van der Waals surface area contributed by atoms with E-state index in [1.54, 1.807) is 6.20 Å². The number of pyridine rings is 1. The number of aromatic nitrogens is 4. The minimum absolute atomic E-state index is 0.0173. The molecule has 0 bridgehead atoms. The number of ether oxygens (including phenoxy) is 2. The highest BCUT2D eigenvalue weighted by Gasteiger charge is 2.28. The van der Waals surface area contributed by atoms with Gasteiger partial charge in [-0.3, -0.25) is 4.98 Å². The second kappa shape index (κ2) is 6.79. The lowest BCUT2D eigenvalue weighted by Gasteiger charge is -2.17. The molecule has 7 heteroatoms. The van der Waals surface area contributed by atoms with Gasteiger partial charge >= 0.3 is 0 Å². The van der Waals surface area contributed by atoms with Crippen molar-refractivity contribution in [3.05, 3.63) is 60.3 Å². The van der Waals surface area contributed by atoms with Gasteiger partial charge in [-0.25, -0.2) is 9.97 Å². The van der Waals surface area contributed by atoms with E-state index in [1.165, 1.54) is 6.33 Å². The highest BCUT2D eigenvalue weighted by Crippen LogP contribution is 2.33. The van der Waals surface area contributed by atoms with Crippen molar-refractivity contribution >= 4 is 33.5 Å². The number of halogens is 1. The van der Waals surface area contributed by atoms with Crippen LogP contribution in [-0.2, 0) is 4.74 Å². The van der Waals surface area contributed by atoms with Crippen molar-refractivity contribution in [1.29, 1.82) is 0 Å². The van der Waals surface area contributed by atoms with Crippen LogP contribution < -0.4 is 4.74 Å². The Morgan fingerprint density at radius 2 is 2.04 bits per heavy atom. The third-order valence-corrected chi connectivity index (χ3v) is 5.18. The standard InChI is InChI=1S/C20H17ClN4O2/c21-19-15-8-10-25(20(15)24-12-23-19)17-7-6-14(27-17)11-26-16-5-1-3-13-4-2-9-22-18(13)16/h1-5,8-10,12,14,17H,6-7,11H2/t14-,17+/m0/s1. The van der Waals surface area contributed by atoms with Crippen molar-refractivity contribution < 1.29 is 9.47 Å².